The molecule has 1 saturated carbocycles. The molecule has 3 rings (SSSR count). The number of thiophene rings is 1. The van der Waals surface area contributed by atoms with Crippen molar-refractivity contribution in [3.63, 3.8) is 0 Å². The molecule has 1 aromatic carbocycles. The third-order valence-electron chi connectivity index (χ3n) is 3.21. The first-order valence-corrected chi connectivity index (χ1v) is 7.49. The summed E-state index contributed by atoms with van der Waals surface area (Å²) in [6, 6.07) is 8.36. The Kier molecular flexibility index (Phi) is 3.07. The molecule has 1 atom stereocenters. The molecule has 1 aliphatic rings. The van der Waals surface area contributed by atoms with Crippen LogP contribution in [0.25, 0.3) is 0 Å². The number of hydrogen-bond acceptors (Lipinski definition) is 2. The van der Waals surface area contributed by atoms with E-state index in [-0.39, 0.29) is 0 Å². The van der Waals surface area contributed by atoms with E-state index in [9.17, 15) is 5.11 Å². The van der Waals surface area contributed by atoms with Crippen molar-refractivity contribution in [1.29, 1.82) is 0 Å². The van der Waals surface area contributed by atoms with Crippen LogP contribution in [0.2, 0.25) is 0 Å². The van der Waals surface area contributed by atoms with Crippen molar-refractivity contribution in [3.05, 3.63) is 56.2 Å². The predicted octanol–water partition coefficient (Wildman–Crippen LogP) is 4.47. The summed E-state index contributed by atoms with van der Waals surface area (Å²) in [7, 11) is 0. The van der Waals surface area contributed by atoms with Crippen LogP contribution < -0.4 is 0 Å². The number of aliphatic hydroxyl groups excluding tert-OH is 1. The summed E-state index contributed by atoms with van der Waals surface area (Å²) in [5.41, 5.74) is 3.32. The SMILES string of the molecule is OC(c1cccc(C2CC2)c1)c1cscc1Br. The van der Waals surface area contributed by atoms with Gasteiger partial charge in [0.1, 0.15) is 6.10 Å². The number of aliphatic hydroxyl groups is 1. The quantitative estimate of drug-likeness (QED) is 0.887. The van der Waals surface area contributed by atoms with Gasteiger partial charge in [0.15, 0.2) is 0 Å². The first-order chi connectivity index (χ1) is 8.25. The van der Waals surface area contributed by atoms with E-state index in [0.717, 1.165) is 21.5 Å². The smallest absolute Gasteiger partial charge is 0.106 e. The molecule has 0 radical (unpaired) electrons. The highest BCUT2D eigenvalue weighted by Crippen LogP contribution is 2.41. The second kappa shape index (κ2) is 4.56. The Labute approximate surface area is 113 Å². The molecule has 0 spiro atoms. The monoisotopic (exact) mass is 308 g/mol. The van der Waals surface area contributed by atoms with Crippen molar-refractivity contribution in [2.24, 2.45) is 0 Å². The molecule has 88 valence electrons. The maximum atomic E-state index is 10.4. The molecule has 1 unspecified atom stereocenters. The van der Waals surface area contributed by atoms with Gasteiger partial charge >= 0.3 is 0 Å². The number of benzene rings is 1. The van der Waals surface area contributed by atoms with Gasteiger partial charge in [-0.25, -0.2) is 0 Å². The highest BCUT2D eigenvalue weighted by Gasteiger charge is 2.24. The summed E-state index contributed by atoms with van der Waals surface area (Å²) >= 11 is 5.08. The minimum Gasteiger partial charge on any atom is -0.384 e. The summed E-state index contributed by atoms with van der Waals surface area (Å²) < 4.78 is 0.992. The first-order valence-electron chi connectivity index (χ1n) is 5.75. The van der Waals surface area contributed by atoms with Crippen LogP contribution in [-0.4, -0.2) is 5.11 Å². The average molecular weight is 309 g/mol. The van der Waals surface area contributed by atoms with Crippen LogP contribution in [0.3, 0.4) is 0 Å². The Balaban J connectivity index is 1.93. The molecule has 0 amide bonds. The van der Waals surface area contributed by atoms with E-state index in [2.05, 4.69) is 28.1 Å². The fourth-order valence-electron chi connectivity index (χ4n) is 2.07. The van der Waals surface area contributed by atoms with E-state index in [1.807, 2.05) is 22.9 Å². The van der Waals surface area contributed by atoms with Gasteiger partial charge in [-0.15, -0.1) is 0 Å². The number of halogens is 1. The molecule has 1 nitrogen and oxygen atoms in total. The zero-order valence-corrected chi connectivity index (χ0v) is 11.7. The van der Waals surface area contributed by atoms with Gasteiger partial charge in [-0.3, -0.25) is 0 Å². The summed E-state index contributed by atoms with van der Waals surface area (Å²) in [6.07, 6.45) is 2.07. The van der Waals surface area contributed by atoms with E-state index >= 15 is 0 Å². The molecule has 1 N–H and O–H groups in total. The van der Waals surface area contributed by atoms with Crippen molar-refractivity contribution >= 4 is 27.3 Å². The van der Waals surface area contributed by atoms with E-state index in [0.29, 0.717) is 0 Å². The third-order valence-corrected chi connectivity index (χ3v) is 4.96. The molecule has 1 aliphatic carbocycles. The van der Waals surface area contributed by atoms with Gasteiger partial charge in [-0.1, -0.05) is 24.3 Å². The van der Waals surface area contributed by atoms with Crippen LogP contribution in [0.4, 0.5) is 0 Å². The second-order valence-corrected chi connectivity index (χ2v) is 6.12. The van der Waals surface area contributed by atoms with Crippen LogP contribution in [0.15, 0.2) is 39.5 Å². The molecule has 1 aromatic heterocycles. The summed E-state index contributed by atoms with van der Waals surface area (Å²) in [5, 5.41) is 14.4. The Hall–Kier alpha value is -0.640. The summed E-state index contributed by atoms with van der Waals surface area (Å²) in [5.74, 6) is 0.730. The van der Waals surface area contributed by atoms with Crippen LogP contribution in [-0.2, 0) is 0 Å². The van der Waals surface area contributed by atoms with Crippen molar-refractivity contribution in [2.45, 2.75) is 24.9 Å². The lowest BCUT2D eigenvalue weighted by atomic mass is 10.0. The lowest BCUT2D eigenvalue weighted by molar-refractivity contribution is 0.220. The Bertz CT molecular complexity index is 531. The highest BCUT2D eigenvalue weighted by atomic mass is 79.9. The van der Waals surface area contributed by atoms with Crippen molar-refractivity contribution < 1.29 is 5.11 Å². The van der Waals surface area contributed by atoms with E-state index in [1.54, 1.807) is 11.3 Å². The molecule has 17 heavy (non-hydrogen) atoms. The molecule has 1 heterocycles. The largest absolute Gasteiger partial charge is 0.384 e. The van der Waals surface area contributed by atoms with Gasteiger partial charge in [-0.05, 0) is 51.2 Å². The van der Waals surface area contributed by atoms with Gasteiger partial charge in [0, 0.05) is 15.4 Å². The summed E-state index contributed by atoms with van der Waals surface area (Å²) in [4.78, 5) is 0. The molecule has 0 aliphatic heterocycles. The minimum absolute atomic E-state index is 0.519. The topological polar surface area (TPSA) is 20.2 Å². The van der Waals surface area contributed by atoms with E-state index < -0.39 is 6.10 Å². The Morgan fingerprint density at radius 2 is 2.12 bits per heavy atom. The summed E-state index contributed by atoms with van der Waals surface area (Å²) in [6.45, 7) is 0. The molecule has 1 fully saturated rings. The molecular formula is C14H13BrOS. The van der Waals surface area contributed by atoms with E-state index in [4.69, 9.17) is 0 Å². The maximum absolute atomic E-state index is 10.4. The van der Waals surface area contributed by atoms with Crippen LogP contribution in [0, 0.1) is 0 Å². The predicted molar refractivity (Wildman–Crippen MR) is 74.5 cm³/mol. The fraction of sp³-hybridized carbons (Fsp3) is 0.286. The van der Waals surface area contributed by atoms with Gasteiger partial charge in [0.05, 0.1) is 0 Å². The van der Waals surface area contributed by atoms with Gasteiger partial charge in [0.2, 0.25) is 0 Å². The number of hydrogen-bond donors (Lipinski definition) is 1. The zero-order valence-electron chi connectivity index (χ0n) is 9.27. The standard InChI is InChI=1S/C14H13BrOS/c15-13-8-17-7-12(13)14(16)11-3-1-2-10(6-11)9-4-5-9/h1-3,6-9,14,16H,4-5H2. The molecule has 0 bridgehead atoms. The second-order valence-electron chi connectivity index (χ2n) is 4.52. The molecule has 2 aromatic rings. The van der Waals surface area contributed by atoms with Gasteiger partial charge in [0.25, 0.3) is 0 Å². The fourth-order valence-corrected chi connectivity index (χ4v) is 3.60. The van der Waals surface area contributed by atoms with Gasteiger partial charge < -0.3 is 5.11 Å². The third kappa shape index (κ3) is 2.32. The normalized spacial score (nSPS) is 17.1. The Morgan fingerprint density at radius 3 is 2.76 bits per heavy atom. The first kappa shape index (κ1) is 11.5. The van der Waals surface area contributed by atoms with Crippen molar-refractivity contribution in [3.8, 4) is 0 Å². The van der Waals surface area contributed by atoms with Crippen LogP contribution in [0.1, 0.15) is 41.6 Å². The zero-order chi connectivity index (χ0) is 11.8. The van der Waals surface area contributed by atoms with Crippen LogP contribution in [0.5, 0.6) is 0 Å². The van der Waals surface area contributed by atoms with Crippen molar-refractivity contribution in [2.75, 3.05) is 0 Å². The Morgan fingerprint density at radius 1 is 1.29 bits per heavy atom. The number of rotatable bonds is 3. The maximum Gasteiger partial charge on any atom is 0.106 e. The average Bonchev–Trinajstić information content (AvgIpc) is 3.12. The van der Waals surface area contributed by atoms with Gasteiger partial charge in [-0.2, -0.15) is 11.3 Å². The molecular weight excluding hydrogens is 296 g/mol. The van der Waals surface area contributed by atoms with Crippen molar-refractivity contribution in [1.82, 2.24) is 0 Å². The minimum atomic E-state index is -0.519. The van der Waals surface area contributed by atoms with Crippen LogP contribution >= 0.6 is 27.3 Å². The molecule has 3 heteroatoms. The highest BCUT2D eigenvalue weighted by molar-refractivity contribution is 9.10. The molecule has 0 saturated heterocycles. The lowest BCUT2D eigenvalue weighted by Crippen LogP contribution is -1.99. The lowest BCUT2D eigenvalue weighted by Gasteiger charge is -2.11. The van der Waals surface area contributed by atoms with E-state index in [1.165, 1.54) is 18.4 Å².